The molecule has 2 nitrogen and oxygen atoms in total. The third-order valence-corrected chi connectivity index (χ3v) is 12.7. The van der Waals surface area contributed by atoms with Crippen LogP contribution in [0.4, 0.5) is 0 Å². The van der Waals surface area contributed by atoms with Crippen LogP contribution in [0.1, 0.15) is 25.3 Å². The Morgan fingerprint density at radius 3 is 1.64 bits per heavy atom. The molecule has 0 aliphatic carbocycles. The maximum absolute atomic E-state index is 2.42. The first-order valence-electron chi connectivity index (χ1n) is 19.4. The molecule has 55 heavy (non-hydrogen) atoms. The topological polar surface area (TPSA) is 9.86 Å². The molecule has 11 rings (SSSR count). The van der Waals surface area contributed by atoms with Gasteiger partial charge in [0.2, 0.25) is 0 Å². The number of para-hydroxylation sites is 3. The van der Waals surface area contributed by atoms with Crippen molar-refractivity contribution in [3.63, 3.8) is 0 Å². The number of aryl methyl sites for hydroxylation is 1. The van der Waals surface area contributed by atoms with Crippen molar-refractivity contribution < 1.29 is 0 Å². The molecule has 11 aromatic rings. The first-order chi connectivity index (χ1) is 27.2. The molecule has 8 aromatic carbocycles. The predicted molar refractivity (Wildman–Crippen MR) is 237 cm³/mol. The van der Waals surface area contributed by atoms with Gasteiger partial charge < -0.3 is 9.13 Å². The van der Waals surface area contributed by atoms with Crippen LogP contribution in [-0.2, 0) is 6.42 Å². The molecule has 0 aliphatic rings. The second-order valence-corrected chi connectivity index (χ2v) is 15.8. The van der Waals surface area contributed by atoms with E-state index < -0.39 is 0 Å². The lowest BCUT2D eigenvalue weighted by Crippen LogP contribution is -1.94. The lowest BCUT2D eigenvalue weighted by molar-refractivity contribution is 0.796. The van der Waals surface area contributed by atoms with Crippen LogP contribution in [0.15, 0.2) is 176 Å². The highest BCUT2D eigenvalue weighted by Crippen LogP contribution is 2.42. The third kappa shape index (κ3) is 5.15. The Morgan fingerprint density at radius 2 is 0.982 bits per heavy atom. The highest BCUT2D eigenvalue weighted by Gasteiger charge is 2.17. The van der Waals surface area contributed by atoms with Crippen LogP contribution in [0.3, 0.4) is 0 Å². The van der Waals surface area contributed by atoms with Crippen molar-refractivity contribution >= 4 is 75.1 Å². The predicted octanol–water partition coefficient (Wildman–Crippen LogP) is 14.9. The molecule has 0 atom stereocenters. The van der Waals surface area contributed by atoms with E-state index in [-0.39, 0.29) is 0 Å². The summed E-state index contributed by atoms with van der Waals surface area (Å²) in [5, 5.41) is 7.80. The van der Waals surface area contributed by atoms with E-state index >= 15 is 0 Å². The minimum Gasteiger partial charge on any atom is -0.309 e. The van der Waals surface area contributed by atoms with Gasteiger partial charge in [-0.05, 0) is 113 Å². The fraction of sp³-hybridized carbons (Fsp3) is 0.0769. The quantitative estimate of drug-likeness (QED) is 0.155. The standard InChI is InChI=1S/C52H38N2S/c1-2-3-12-34-21-30-51-46(31-34)43-18-11-17-40(52(43)55-51)35-22-26-39(27-23-35)54-48-20-10-8-16-42(48)45-33-37(25-29-50(45)54)36-24-28-49-44(32-36)41-15-7-9-19-47(41)53(49)38-13-5-4-6-14-38/h4-11,13-33H,2-3,12H2,1H3. The van der Waals surface area contributed by atoms with Gasteiger partial charge in [0.05, 0.1) is 22.1 Å². The highest BCUT2D eigenvalue weighted by molar-refractivity contribution is 7.26. The zero-order valence-corrected chi connectivity index (χ0v) is 31.5. The van der Waals surface area contributed by atoms with Crippen molar-refractivity contribution in [3.05, 3.63) is 181 Å². The van der Waals surface area contributed by atoms with Crippen molar-refractivity contribution in [2.24, 2.45) is 0 Å². The van der Waals surface area contributed by atoms with Crippen LogP contribution >= 0.6 is 11.3 Å². The Bertz CT molecular complexity index is 3230. The average molecular weight is 723 g/mol. The molecule has 0 aliphatic heterocycles. The third-order valence-electron chi connectivity index (χ3n) is 11.5. The number of aromatic nitrogens is 2. The number of thiophene rings is 1. The van der Waals surface area contributed by atoms with E-state index in [1.807, 2.05) is 11.3 Å². The molecule has 0 unspecified atom stereocenters. The summed E-state index contributed by atoms with van der Waals surface area (Å²) in [6, 6.07) is 65.2. The monoisotopic (exact) mass is 722 g/mol. The smallest absolute Gasteiger partial charge is 0.0541 e. The molecule has 0 fully saturated rings. The molecule has 0 saturated carbocycles. The summed E-state index contributed by atoms with van der Waals surface area (Å²) in [7, 11) is 0. The normalized spacial score (nSPS) is 11.9. The van der Waals surface area contributed by atoms with E-state index in [0.29, 0.717) is 0 Å². The molecule has 0 bridgehead atoms. The Balaban J connectivity index is 0.999. The first-order valence-corrected chi connectivity index (χ1v) is 20.2. The second kappa shape index (κ2) is 12.9. The lowest BCUT2D eigenvalue weighted by atomic mass is 10.0. The Labute approximate surface area is 324 Å². The summed E-state index contributed by atoms with van der Waals surface area (Å²) >= 11 is 1.92. The van der Waals surface area contributed by atoms with E-state index in [9.17, 15) is 0 Å². The van der Waals surface area contributed by atoms with Gasteiger partial charge in [-0.3, -0.25) is 0 Å². The molecular formula is C52H38N2S. The minimum absolute atomic E-state index is 1.14. The minimum atomic E-state index is 1.14. The fourth-order valence-electron chi connectivity index (χ4n) is 8.84. The van der Waals surface area contributed by atoms with Crippen LogP contribution < -0.4 is 0 Å². The van der Waals surface area contributed by atoms with Crippen molar-refractivity contribution in [1.82, 2.24) is 9.13 Å². The number of hydrogen-bond donors (Lipinski definition) is 0. The summed E-state index contributed by atoms with van der Waals surface area (Å²) in [5.41, 5.74) is 13.7. The molecule has 0 saturated heterocycles. The Kier molecular flexibility index (Phi) is 7.50. The molecule has 0 spiro atoms. The molecule has 3 heterocycles. The summed E-state index contributed by atoms with van der Waals surface area (Å²) in [5.74, 6) is 0. The molecule has 0 radical (unpaired) electrons. The van der Waals surface area contributed by atoms with Gasteiger partial charge in [0, 0.05) is 53.1 Å². The molecular weight excluding hydrogens is 685 g/mol. The van der Waals surface area contributed by atoms with Gasteiger partial charge in [-0.15, -0.1) is 11.3 Å². The van der Waals surface area contributed by atoms with Gasteiger partial charge in [0.15, 0.2) is 0 Å². The van der Waals surface area contributed by atoms with Crippen LogP contribution in [0.2, 0.25) is 0 Å². The molecule has 3 aromatic heterocycles. The van der Waals surface area contributed by atoms with Crippen molar-refractivity contribution in [2.75, 3.05) is 0 Å². The summed E-state index contributed by atoms with van der Waals surface area (Å²) in [4.78, 5) is 0. The lowest BCUT2D eigenvalue weighted by Gasteiger charge is -2.11. The van der Waals surface area contributed by atoms with E-state index in [1.54, 1.807) is 0 Å². The van der Waals surface area contributed by atoms with Gasteiger partial charge in [-0.2, -0.15) is 0 Å². The van der Waals surface area contributed by atoms with E-state index in [1.165, 1.54) is 116 Å². The number of rotatable bonds is 7. The van der Waals surface area contributed by atoms with Gasteiger partial charge in [-0.25, -0.2) is 0 Å². The second-order valence-electron chi connectivity index (χ2n) is 14.8. The van der Waals surface area contributed by atoms with Gasteiger partial charge in [0.25, 0.3) is 0 Å². The first kappa shape index (κ1) is 32.0. The molecule has 3 heteroatoms. The SMILES string of the molecule is CCCCc1ccc2sc3c(-c4ccc(-n5c6ccccc6c6cc(-c7ccc8c(c7)c7ccccc7n8-c7ccccc7)ccc65)cc4)cccc3c2c1. The van der Waals surface area contributed by atoms with Crippen LogP contribution in [0, 0.1) is 0 Å². The Morgan fingerprint density at radius 1 is 0.418 bits per heavy atom. The zero-order valence-electron chi connectivity index (χ0n) is 30.7. The van der Waals surface area contributed by atoms with Gasteiger partial charge >= 0.3 is 0 Å². The molecule has 0 N–H and O–H groups in total. The van der Waals surface area contributed by atoms with Gasteiger partial charge in [0.1, 0.15) is 0 Å². The number of nitrogens with zero attached hydrogens (tertiary/aromatic N) is 2. The molecule has 262 valence electrons. The van der Waals surface area contributed by atoms with Crippen molar-refractivity contribution in [1.29, 1.82) is 0 Å². The van der Waals surface area contributed by atoms with Gasteiger partial charge in [-0.1, -0.05) is 116 Å². The summed E-state index contributed by atoms with van der Waals surface area (Å²) in [6.07, 6.45) is 3.60. The van der Waals surface area contributed by atoms with Crippen molar-refractivity contribution in [3.8, 4) is 33.6 Å². The number of fused-ring (bicyclic) bond motifs is 9. The highest BCUT2D eigenvalue weighted by atomic mass is 32.1. The number of hydrogen-bond acceptors (Lipinski definition) is 1. The van der Waals surface area contributed by atoms with Crippen LogP contribution in [-0.4, -0.2) is 9.13 Å². The van der Waals surface area contributed by atoms with Crippen LogP contribution in [0.25, 0.3) is 97.4 Å². The van der Waals surface area contributed by atoms with E-state index in [2.05, 4.69) is 192 Å². The summed E-state index contributed by atoms with van der Waals surface area (Å²) in [6.45, 7) is 2.27. The molecule has 0 amide bonds. The van der Waals surface area contributed by atoms with Crippen molar-refractivity contribution in [2.45, 2.75) is 26.2 Å². The summed E-state index contributed by atoms with van der Waals surface area (Å²) < 4.78 is 7.53. The van der Waals surface area contributed by atoms with E-state index in [0.717, 1.165) is 6.42 Å². The Hall–Kier alpha value is -6.42. The maximum atomic E-state index is 2.42. The number of unbranched alkanes of at least 4 members (excludes halogenated alkanes) is 1. The number of benzene rings is 8. The van der Waals surface area contributed by atoms with Crippen LogP contribution in [0.5, 0.6) is 0 Å². The zero-order chi connectivity index (χ0) is 36.5. The largest absolute Gasteiger partial charge is 0.309 e. The maximum Gasteiger partial charge on any atom is 0.0541 e. The fourth-order valence-corrected chi connectivity index (χ4v) is 10.1. The van der Waals surface area contributed by atoms with E-state index in [4.69, 9.17) is 0 Å². The average Bonchev–Trinajstić information content (AvgIpc) is 3.90.